The average molecular weight is 424 g/mol. The zero-order valence-electron chi connectivity index (χ0n) is 18.2. The molecule has 0 N–H and O–H groups in total. The van der Waals surface area contributed by atoms with Gasteiger partial charge in [0.2, 0.25) is 0 Å². The maximum absolute atomic E-state index is 13.6. The Labute approximate surface area is 189 Å². The number of amides is 1. The van der Waals surface area contributed by atoms with Gasteiger partial charge in [-0.05, 0) is 24.6 Å². The first kappa shape index (κ1) is 21.4. The van der Waals surface area contributed by atoms with E-state index in [4.69, 9.17) is 0 Å². The van der Waals surface area contributed by atoms with E-state index in [1.165, 1.54) is 4.90 Å². The van der Waals surface area contributed by atoms with Gasteiger partial charge in [0.1, 0.15) is 12.6 Å². The molecule has 1 fully saturated rings. The Morgan fingerprint density at radius 3 is 1.97 bits per heavy atom. The van der Waals surface area contributed by atoms with Crippen molar-refractivity contribution in [3.8, 4) is 0 Å². The maximum Gasteiger partial charge on any atom is 0.303 e. The van der Waals surface area contributed by atoms with Crippen LogP contribution in [0.3, 0.4) is 0 Å². The highest BCUT2D eigenvalue weighted by atomic mass is 16.2. The summed E-state index contributed by atoms with van der Waals surface area (Å²) < 4.78 is 2.29. The number of allylic oxidation sites excluding steroid dienone is 1. The van der Waals surface area contributed by atoms with Crippen molar-refractivity contribution in [2.75, 3.05) is 11.4 Å². The van der Waals surface area contributed by atoms with Crippen LogP contribution < -0.4 is 4.90 Å². The summed E-state index contributed by atoms with van der Waals surface area (Å²) in [5, 5.41) is 0. The van der Waals surface area contributed by atoms with Crippen LogP contribution >= 0.6 is 0 Å². The molecule has 0 bridgehead atoms. The van der Waals surface area contributed by atoms with Crippen molar-refractivity contribution in [2.45, 2.75) is 25.8 Å². The molecule has 0 radical (unpaired) electrons. The van der Waals surface area contributed by atoms with E-state index >= 15 is 0 Å². The van der Waals surface area contributed by atoms with Crippen LogP contribution in [0.1, 0.15) is 35.7 Å². The van der Waals surface area contributed by atoms with Gasteiger partial charge in [-0.2, -0.15) is 0 Å². The van der Waals surface area contributed by atoms with Crippen LogP contribution in [0.2, 0.25) is 0 Å². The molecule has 3 aromatic rings. The molecule has 1 aliphatic heterocycles. The molecule has 0 spiro atoms. The van der Waals surface area contributed by atoms with Crippen molar-refractivity contribution in [3.63, 3.8) is 0 Å². The van der Waals surface area contributed by atoms with Gasteiger partial charge in [-0.15, -0.1) is 0 Å². The van der Waals surface area contributed by atoms with Crippen molar-refractivity contribution in [3.05, 3.63) is 108 Å². The van der Waals surface area contributed by atoms with Gasteiger partial charge in [0, 0.05) is 30.2 Å². The SMILES string of the molecule is C[C@@H]1CCC[N+]1=C/C=C(/c1ccccc1)N(C(=O)C(=O)c1ccccc1)c1ccccc1. The molecule has 3 aromatic carbocycles. The summed E-state index contributed by atoms with van der Waals surface area (Å²) in [4.78, 5) is 28.3. The zero-order chi connectivity index (χ0) is 22.3. The third-order valence-corrected chi connectivity index (χ3v) is 5.79. The van der Waals surface area contributed by atoms with Gasteiger partial charge in [-0.1, -0.05) is 78.9 Å². The second kappa shape index (κ2) is 10.0. The lowest BCUT2D eigenvalue weighted by atomic mass is 10.1. The number of anilines is 1. The van der Waals surface area contributed by atoms with E-state index < -0.39 is 11.7 Å². The molecule has 4 nitrogen and oxygen atoms in total. The molecule has 0 saturated carbocycles. The molecule has 160 valence electrons. The van der Waals surface area contributed by atoms with Crippen molar-refractivity contribution in [1.29, 1.82) is 0 Å². The van der Waals surface area contributed by atoms with Crippen LogP contribution in [0.25, 0.3) is 5.70 Å². The first-order valence-electron chi connectivity index (χ1n) is 11.0. The summed E-state index contributed by atoms with van der Waals surface area (Å²) in [7, 11) is 0. The molecule has 1 atom stereocenters. The van der Waals surface area contributed by atoms with E-state index in [2.05, 4.69) is 17.7 Å². The molecule has 0 aliphatic carbocycles. The molecular weight excluding hydrogens is 396 g/mol. The van der Waals surface area contributed by atoms with Gasteiger partial charge in [0.05, 0.1) is 5.70 Å². The molecule has 1 aliphatic rings. The van der Waals surface area contributed by atoms with Crippen LogP contribution in [-0.4, -0.2) is 35.1 Å². The van der Waals surface area contributed by atoms with Gasteiger partial charge in [0.15, 0.2) is 6.21 Å². The molecule has 4 rings (SSSR count). The lowest BCUT2D eigenvalue weighted by Gasteiger charge is -2.25. The minimum absolute atomic E-state index is 0.378. The van der Waals surface area contributed by atoms with E-state index in [0.29, 0.717) is 23.0 Å². The number of hydrogen-bond donors (Lipinski definition) is 0. The summed E-state index contributed by atoms with van der Waals surface area (Å²) in [5.74, 6) is -1.12. The Hall–Kier alpha value is -3.79. The molecule has 0 aromatic heterocycles. The summed E-state index contributed by atoms with van der Waals surface area (Å²) in [5.41, 5.74) is 2.57. The highest BCUT2D eigenvalue weighted by Crippen LogP contribution is 2.27. The van der Waals surface area contributed by atoms with Crippen LogP contribution in [0.5, 0.6) is 0 Å². The molecular formula is C28H27N2O2+. The van der Waals surface area contributed by atoms with E-state index in [-0.39, 0.29) is 0 Å². The van der Waals surface area contributed by atoms with Gasteiger partial charge in [-0.3, -0.25) is 14.5 Å². The summed E-state index contributed by atoms with van der Waals surface area (Å²) in [6.07, 6.45) is 6.31. The summed E-state index contributed by atoms with van der Waals surface area (Å²) in [6, 6.07) is 28.3. The number of rotatable bonds is 6. The van der Waals surface area contributed by atoms with Crippen LogP contribution in [0.4, 0.5) is 5.69 Å². The Kier molecular flexibility index (Phi) is 6.71. The largest absolute Gasteiger partial charge is 0.303 e. The minimum atomic E-state index is -0.583. The molecule has 1 heterocycles. The molecule has 1 amide bonds. The van der Waals surface area contributed by atoms with Gasteiger partial charge < -0.3 is 0 Å². The molecule has 0 unspecified atom stereocenters. The number of benzene rings is 3. The van der Waals surface area contributed by atoms with Crippen molar-refractivity contribution < 1.29 is 14.2 Å². The third kappa shape index (κ3) is 4.75. The molecule has 1 saturated heterocycles. The lowest BCUT2D eigenvalue weighted by Crippen LogP contribution is -2.35. The van der Waals surface area contributed by atoms with E-state index in [1.807, 2.05) is 72.8 Å². The first-order valence-corrected chi connectivity index (χ1v) is 11.0. The smallest absolute Gasteiger partial charge is 0.283 e. The minimum Gasteiger partial charge on any atom is -0.283 e. The quantitative estimate of drug-likeness (QED) is 0.310. The number of ketones is 1. The second-order valence-electron chi connectivity index (χ2n) is 7.97. The Morgan fingerprint density at radius 1 is 0.844 bits per heavy atom. The first-order chi connectivity index (χ1) is 15.6. The van der Waals surface area contributed by atoms with Crippen LogP contribution in [0.15, 0.2) is 97.1 Å². The lowest BCUT2D eigenvalue weighted by molar-refractivity contribution is -0.535. The third-order valence-electron chi connectivity index (χ3n) is 5.79. The molecule has 32 heavy (non-hydrogen) atoms. The predicted molar refractivity (Wildman–Crippen MR) is 129 cm³/mol. The number of nitrogens with zero attached hydrogens (tertiary/aromatic N) is 2. The normalized spacial score (nSPS) is 17.3. The van der Waals surface area contributed by atoms with Crippen molar-refractivity contribution in [1.82, 2.24) is 0 Å². The second-order valence-corrected chi connectivity index (χ2v) is 7.97. The highest BCUT2D eigenvalue weighted by Gasteiger charge is 2.29. The van der Waals surface area contributed by atoms with E-state index in [9.17, 15) is 9.59 Å². The predicted octanol–water partition coefficient (Wildman–Crippen LogP) is 5.21. The van der Waals surface area contributed by atoms with Crippen molar-refractivity contribution >= 4 is 29.3 Å². The van der Waals surface area contributed by atoms with E-state index in [1.54, 1.807) is 24.3 Å². The topological polar surface area (TPSA) is 40.4 Å². The number of hydrogen-bond acceptors (Lipinski definition) is 2. The molecule has 4 heteroatoms. The maximum atomic E-state index is 13.6. The summed E-state index contributed by atoms with van der Waals surface area (Å²) in [6.45, 7) is 3.19. The number of Topliss-reactive ketones (excluding diaryl/α,β-unsaturated/α-hetero) is 1. The standard InChI is InChI=1S/C28H27N2O2/c1-22-12-11-20-29(22)21-19-26(23-13-5-2-6-14-23)30(25-17-9-4-10-18-25)28(32)27(31)24-15-7-3-8-16-24/h2-10,13-19,21-22H,11-12,20H2,1H3/q+1/t22-/m1/s1. The zero-order valence-corrected chi connectivity index (χ0v) is 18.2. The Balaban J connectivity index is 1.84. The number of para-hydroxylation sites is 1. The number of carbonyl (C=O) groups is 2. The monoisotopic (exact) mass is 423 g/mol. The Bertz CT molecular complexity index is 1140. The van der Waals surface area contributed by atoms with E-state index in [0.717, 1.165) is 24.9 Å². The number of carbonyl (C=O) groups excluding carboxylic acids is 2. The van der Waals surface area contributed by atoms with Crippen LogP contribution in [0, 0.1) is 0 Å². The fourth-order valence-electron chi connectivity index (χ4n) is 4.01. The summed E-state index contributed by atoms with van der Waals surface area (Å²) >= 11 is 0. The fraction of sp³-hybridized carbons (Fsp3) is 0.179. The van der Waals surface area contributed by atoms with Gasteiger partial charge in [0.25, 0.3) is 5.78 Å². The van der Waals surface area contributed by atoms with Crippen LogP contribution in [-0.2, 0) is 4.79 Å². The highest BCUT2D eigenvalue weighted by molar-refractivity contribution is 6.49. The van der Waals surface area contributed by atoms with Crippen molar-refractivity contribution in [2.24, 2.45) is 0 Å². The van der Waals surface area contributed by atoms with Gasteiger partial charge >= 0.3 is 5.91 Å². The Morgan fingerprint density at radius 2 is 1.41 bits per heavy atom. The average Bonchev–Trinajstić information content (AvgIpc) is 3.27. The van der Waals surface area contributed by atoms with Gasteiger partial charge in [-0.25, -0.2) is 4.58 Å². The fourth-order valence-corrected chi connectivity index (χ4v) is 4.01.